The van der Waals surface area contributed by atoms with E-state index in [1.54, 1.807) is 0 Å². The van der Waals surface area contributed by atoms with Crippen molar-refractivity contribution in [3.63, 3.8) is 0 Å². The molecule has 0 amide bonds. The average Bonchev–Trinajstić information content (AvgIpc) is 1.96. The Balaban J connectivity index is 3.05. The van der Waals surface area contributed by atoms with E-state index in [1.807, 2.05) is 0 Å². The quantitative estimate of drug-likeness (QED) is 0.406. The molecule has 6 heteroatoms. The third-order valence-electron chi connectivity index (χ3n) is 1.56. The van der Waals surface area contributed by atoms with Gasteiger partial charge in [0.05, 0.1) is 0 Å². The molecule has 0 heterocycles. The van der Waals surface area contributed by atoms with Crippen molar-refractivity contribution in [2.24, 2.45) is 0 Å². The molecule has 70 valence electrons. The fraction of sp³-hybridized carbons (Fsp3) is 0.667. The molecule has 0 saturated carbocycles. The summed E-state index contributed by atoms with van der Waals surface area (Å²) in [4.78, 5) is 0. The molecule has 1 aliphatic rings. The van der Waals surface area contributed by atoms with Gasteiger partial charge in [0, 0.05) is 0 Å². The van der Waals surface area contributed by atoms with Crippen molar-refractivity contribution < 1.29 is 26.3 Å². The van der Waals surface area contributed by atoms with E-state index >= 15 is 0 Å². The van der Waals surface area contributed by atoms with Crippen LogP contribution in [0.25, 0.3) is 0 Å². The first-order valence-electron chi connectivity index (χ1n) is 3.02. The summed E-state index contributed by atoms with van der Waals surface area (Å²) in [6.07, 6.45) is -6.35. The van der Waals surface area contributed by atoms with Crippen LogP contribution in [-0.2, 0) is 0 Å². The molecule has 1 rings (SSSR count). The zero-order valence-corrected chi connectivity index (χ0v) is 5.58. The molecule has 0 N–H and O–H groups in total. The normalized spacial score (nSPS) is 38.2. The molecular weight excluding hydrogens is 186 g/mol. The monoisotopic (exact) mass is 190 g/mol. The minimum Gasteiger partial charge on any atom is -0.239 e. The Labute approximate surface area is 63.9 Å². The number of hydrogen-bond acceptors (Lipinski definition) is 0. The van der Waals surface area contributed by atoms with Gasteiger partial charge in [0.1, 0.15) is 0 Å². The van der Waals surface area contributed by atoms with Gasteiger partial charge in [-0.3, -0.25) is 0 Å². The second-order valence-corrected chi connectivity index (χ2v) is 2.45. The number of hydrogen-bond donors (Lipinski definition) is 0. The van der Waals surface area contributed by atoms with Crippen molar-refractivity contribution in [1.29, 1.82) is 0 Å². The molecule has 2 atom stereocenters. The van der Waals surface area contributed by atoms with Crippen LogP contribution in [0.2, 0.25) is 0 Å². The van der Waals surface area contributed by atoms with Crippen molar-refractivity contribution in [1.82, 2.24) is 0 Å². The van der Waals surface area contributed by atoms with Crippen molar-refractivity contribution in [2.45, 2.75) is 24.2 Å². The number of rotatable bonds is 0. The molecule has 0 aromatic carbocycles. The molecule has 0 aliphatic heterocycles. The summed E-state index contributed by atoms with van der Waals surface area (Å²) in [6.45, 7) is 0. The summed E-state index contributed by atoms with van der Waals surface area (Å²) in [5.41, 5.74) is 0. The highest BCUT2D eigenvalue weighted by molar-refractivity contribution is 5.16. The van der Waals surface area contributed by atoms with Gasteiger partial charge in [-0.15, -0.1) is 0 Å². The van der Waals surface area contributed by atoms with Crippen LogP contribution >= 0.6 is 0 Å². The zero-order valence-electron chi connectivity index (χ0n) is 5.58. The third kappa shape index (κ3) is 1.09. The highest BCUT2D eigenvalue weighted by Crippen LogP contribution is 2.44. The van der Waals surface area contributed by atoms with Gasteiger partial charge in [0.15, 0.2) is 6.17 Å². The van der Waals surface area contributed by atoms with Gasteiger partial charge in [-0.25, -0.2) is 8.78 Å². The Morgan fingerprint density at radius 1 is 1.00 bits per heavy atom. The molecule has 12 heavy (non-hydrogen) atoms. The van der Waals surface area contributed by atoms with Crippen LogP contribution in [-0.4, -0.2) is 24.2 Å². The standard InChI is InChI=1S/C6H4F6/c7-3-1-2-5(9,10)6(11,12)4(3)8/h1-4H. The summed E-state index contributed by atoms with van der Waals surface area (Å²) in [5, 5.41) is 0. The van der Waals surface area contributed by atoms with E-state index in [0.717, 1.165) is 0 Å². The largest absolute Gasteiger partial charge is 0.347 e. The van der Waals surface area contributed by atoms with E-state index in [4.69, 9.17) is 0 Å². The van der Waals surface area contributed by atoms with E-state index in [-0.39, 0.29) is 12.2 Å². The van der Waals surface area contributed by atoms with Crippen LogP contribution in [0.5, 0.6) is 0 Å². The predicted octanol–water partition coefficient (Wildman–Crippen LogP) is 2.50. The summed E-state index contributed by atoms with van der Waals surface area (Å²) in [5.74, 6) is -9.56. The summed E-state index contributed by atoms with van der Waals surface area (Å²) >= 11 is 0. The Morgan fingerprint density at radius 2 is 1.50 bits per heavy atom. The van der Waals surface area contributed by atoms with E-state index in [1.165, 1.54) is 0 Å². The number of allylic oxidation sites excluding steroid dienone is 2. The molecule has 0 nitrogen and oxygen atoms in total. The maximum Gasteiger partial charge on any atom is 0.347 e. The highest BCUT2D eigenvalue weighted by Gasteiger charge is 2.64. The molecule has 1 aliphatic carbocycles. The van der Waals surface area contributed by atoms with Crippen molar-refractivity contribution in [3.05, 3.63) is 12.2 Å². The van der Waals surface area contributed by atoms with E-state index < -0.39 is 24.2 Å². The summed E-state index contributed by atoms with van der Waals surface area (Å²) in [6, 6.07) is 0. The Hall–Kier alpha value is -0.680. The third-order valence-corrected chi connectivity index (χ3v) is 1.56. The van der Waals surface area contributed by atoms with Crippen molar-refractivity contribution in [3.8, 4) is 0 Å². The molecule has 0 aromatic rings. The van der Waals surface area contributed by atoms with Gasteiger partial charge in [-0.05, 0) is 12.2 Å². The fourth-order valence-electron chi connectivity index (χ4n) is 0.805. The summed E-state index contributed by atoms with van der Waals surface area (Å²) < 4.78 is 73.1. The van der Waals surface area contributed by atoms with Crippen molar-refractivity contribution >= 4 is 0 Å². The van der Waals surface area contributed by atoms with E-state index in [2.05, 4.69) is 0 Å². The summed E-state index contributed by atoms with van der Waals surface area (Å²) in [7, 11) is 0. The maximum atomic E-state index is 12.2. The zero-order chi connectivity index (χ0) is 9.57. The van der Waals surface area contributed by atoms with Crippen LogP contribution in [0.1, 0.15) is 0 Å². The molecule has 0 radical (unpaired) electrons. The van der Waals surface area contributed by atoms with Gasteiger partial charge < -0.3 is 0 Å². The van der Waals surface area contributed by atoms with Gasteiger partial charge >= 0.3 is 11.8 Å². The lowest BCUT2D eigenvalue weighted by Crippen LogP contribution is -2.52. The number of halogens is 6. The van der Waals surface area contributed by atoms with Crippen LogP contribution in [0, 0.1) is 0 Å². The lowest BCUT2D eigenvalue weighted by Gasteiger charge is -2.31. The fourth-order valence-corrected chi connectivity index (χ4v) is 0.805. The molecule has 0 bridgehead atoms. The lowest BCUT2D eigenvalue weighted by atomic mass is 9.96. The smallest absolute Gasteiger partial charge is 0.239 e. The first kappa shape index (κ1) is 9.41. The Morgan fingerprint density at radius 3 is 1.92 bits per heavy atom. The average molecular weight is 190 g/mol. The first-order chi connectivity index (χ1) is 5.29. The van der Waals surface area contributed by atoms with Crippen LogP contribution in [0.3, 0.4) is 0 Å². The Kier molecular flexibility index (Phi) is 1.88. The second-order valence-electron chi connectivity index (χ2n) is 2.45. The molecule has 2 unspecified atom stereocenters. The molecule has 0 spiro atoms. The van der Waals surface area contributed by atoms with Crippen LogP contribution in [0.4, 0.5) is 26.3 Å². The predicted molar refractivity (Wildman–Crippen MR) is 28.8 cm³/mol. The van der Waals surface area contributed by atoms with E-state index in [0.29, 0.717) is 0 Å². The first-order valence-corrected chi connectivity index (χ1v) is 3.02. The molecule has 0 saturated heterocycles. The highest BCUT2D eigenvalue weighted by atomic mass is 19.3. The topological polar surface area (TPSA) is 0 Å². The SMILES string of the molecule is FC1C=CC(F)(F)C(F)(F)C1F. The maximum absolute atomic E-state index is 12.2. The Bertz CT molecular complexity index is 208. The second kappa shape index (κ2) is 2.40. The number of alkyl halides is 6. The minimum atomic E-state index is -4.96. The van der Waals surface area contributed by atoms with Gasteiger partial charge in [0.25, 0.3) is 0 Å². The molecule has 0 aromatic heterocycles. The van der Waals surface area contributed by atoms with Gasteiger partial charge in [-0.2, -0.15) is 17.6 Å². The van der Waals surface area contributed by atoms with Crippen LogP contribution < -0.4 is 0 Å². The van der Waals surface area contributed by atoms with Gasteiger partial charge in [0.2, 0.25) is 6.17 Å². The van der Waals surface area contributed by atoms with Crippen molar-refractivity contribution in [2.75, 3.05) is 0 Å². The van der Waals surface area contributed by atoms with E-state index in [9.17, 15) is 26.3 Å². The van der Waals surface area contributed by atoms with Gasteiger partial charge in [-0.1, -0.05) is 0 Å². The minimum absolute atomic E-state index is 0.0993. The molecular formula is C6H4F6. The molecule has 0 fully saturated rings. The lowest BCUT2D eigenvalue weighted by molar-refractivity contribution is -0.227. The van der Waals surface area contributed by atoms with Crippen LogP contribution in [0.15, 0.2) is 12.2 Å².